The van der Waals surface area contributed by atoms with Gasteiger partial charge < -0.3 is 13.7 Å². The molecule has 9 aromatic carbocycles. The van der Waals surface area contributed by atoms with E-state index in [-0.39, 0.29) is 0 Å². The summed E-state index contributed by atoms with van der Waals surface area (Å²) in [4.78, 5) is 7.31. The molecule has 4 nitrogen and oxygen atoms in total. The zero-order valence-corrected chi connectivity index (χ0v) is 32.0. The fourth-order valence-electron chi connectivity index (χ4n) is 8.19. The van der Waals surface area contributed by atoms with Crippen molar-refractivity contribution in [2.24, 2.45) is 0 Å². The standard InChI is InChI=1S/C55H36N2O2/c1-4-12-37(13-5-1)38-20-22-39(23-21-38)40-24-29-45(30-25-40)57(49-19-11-10-18-47(49)42-14-6-2-7-15-42)46-31-26-41(27-32-46)44-28-33-50-48(36-44)53-51(58-50)34-35-52-54(53)56-55(59-52)43-16-8-3-9-17-43/h1-36H. The lowest BCUT2D eigenvalue weighted by Crippen LogP contribution is -2.11. The van der Waals surface area contributed by atoms with Gasteiger partial charge in [0.15, 0.2) is 5.58 Å². The fraction of sp³-hybridized carbons (Fsp3) is 0. The lowest BCUT2D eigenvalue weighted by molar-refractivity contribution is 0.619. The molecule has 0 amide bonds. The molecule has 0 fully saturated rings. The molecule has 11 aromatic rings. The van der Waals surface area contributed by atoms with Crippen LogP contribution in [0.15, 0.2) is 227 Å². The molecule has 278 valence electrons. The van der Waals surface area contributed by atoms with Crippen LogP contribution in [0.1, 0.15) is 0 Å². The Morgan fingerprint density at radius 3 is 1.42 bits per heavy atom. The van der Waals surface area contributed by atoms with Crippen molar-refractivity contribution in [2.75, 3.05) is 4.90 Å². The summed E-state index contributed by atoms with van der Waals surface area (Å²) < 4.78 is 12.6. The summed E-state index contributed by atoms with van der Waals surface area (Å²) in [6, 6.07) is 76.6. The number of hydrogen-bond donors (Lipinski definition) is 0. The Labute approximate surface area is 341 Å². The lowest BCUT2D eigenvalue weighted by atomic mass is 9.99. The average Bonchev–Trinajstić information content (AvgIpc) is 3.92. The molecule has 0 radical (unpaired) electrons. The minimum Gasteiger partial charge on any atom is -0.456 e. The van der Waals surface area contributed by atoms with Crippen LogP contribution in [0.5, 0.6) is 0 Å². The summed E-state index contributed by atoms with van der Waals surface area (Å²) >= 11 is 0. The van der Waals surface area contributed by atoms with Gasteiger partial charge in [0.1, 0.15) is 16.7 Å². The maximum atomic E-state index is 6.33. The van der Waals surface area contributed by atoms with Crippen LogP contribution >= 0.6 is 0 Å². The van der Waals surface area contributed by atoms with Crippen molar-refractivity contribution in [3.63, 3.8) is 0 Å². The number of fused-ring (bicyclic) bond motifs is 5. The van der Waals surface area contributed by atoms with Gasteiger partial charge >= 0.3 is 0 Å². The second-order valence-corrected chi connectivity index (χ2v) is 14.7. The largest absolute Gasteiger partial charge is 0.456 e. The lowest BCUT2D eigenvalue weighted by Gasteiger charge is -2.28. The molecule has 0 saturated carbocycles. The van der Waals surface area contributed by atoms with Crippen LogP contribution in [0, 0.1) is 0 Å². The number of nitrogens with zero attached hydrogens (tertiary/aromatic N) is 2. The first-order valence-corrected chi connectivity index (χ1v) is 19.9. The Bertz CT molecular complexity index is 3220. The van der Waals surface area contributed by atoms with E-state index in [9.17, 15) is 0 Å². The van der Waals surface area contributed by atoms with E-state index in [4.69, 9.17) is 13.8 Å². The normalized spacial score (nSPS) is 11.4. The molecule has 0 spiro atoms. The third kappa shape index (κ3) is 6.34. The second-order valence-electron chi connectivity index (χ2n) is 14.7. The third-order valence-electron chi connectivity index (χ3n) is 11.2. The molecule has 2 aromatic heterocycles. The number of furan rings is 1. The molecule has 0 unspecified atom stereocenters. The first-order chi connectivity index (χ1) is 29.2. The van der Waals surface area contributed by atoms with Gasteiger partial charge in [0, 0.05) is 27.9 Å². The van der Waals surface area contributed by atoms with Crippen molar-refractivity contribution in [3.8, 4) is 56.0 Å². The van der Waals surface area contributed by atoms with Gasteiger partial charge in [-0.3, -0.25) is 0 Å². The Kier molecular flexibility index (Phi) is 8.45. The van der Waals surface area contributed by atoms with Crippen LogP contribution in [0.4, 0.5) is 17.1 Å². The third-order valence-corrected chi connectivity index (χ3v) is 11.2. The molecule has 59 heavy (non-hydrogen) atoms. The highest BCUT2D eigenvalue weighted by Gasteiger charge is 2.19. The summed E-state index contributed by atoms with van der Waals surface area (Å²) in [6.45, 7) is 0. The van der Waals surface area contributed by atoms with Gasteiger partial charge in [0.05, 0.1) is 11.1 Å². The molecule has 0 N–H and O–H groups in total. The van der Waals surface area contributed by atoms with Crippen LogP contribution in [0.3, 0.4) is 0 Å². The number of rotatable bonds is 8. The van der Waals surface area contributed by atoms with E-state index in [1.165, 1.54) is 22.3 Å². The molecule has 0 saturated heterocycles. The maximum absolute atomic E-state index is 6.33. The number of hydrogen-bond acceptors (Lipinski definition) is 4. The summed E-state index contributed by atoms with van der Waals surface area (Å²) in [5, 5.41) is 1.97. The van der Waals surface area contributed by atoms with Crippen LogP contribution in [-0.4, -0.2) is 4.98 Å². The van der Waals surface area contributed by atoms with Crippen LogP contribution in [0.2, 0.25) is 0 Å². The number of oxazole rings is 1. The molecule has 0 aliphatic rings. The zero-order chi connectivity index (χ0) is 39.1. The predicted octanol–water partition coefficient (Wildman–Crippen LogP) is 15.5. The quantitative estimate of drug-likeness (QED) is 0.155. The summed E-state index contributed by atoms with van der Waals surface area (Å²) in [5.41, 5.74) is 16.6. The van der Waals surface area contributed by atoms with Gasteiger partial charge in [-0.25, -0.2) is 4.98 Å². The smallest absolute Gasteiger partial charge is 0.227 e. The summed E-state index contributed by atoms with van der Waals surface area (Å²) in [7, 11) is 0. The Hall–Kier alpha value is -7.95. The number of para-hydroxylation sites is 1. The van der Waals surface area contributed by atoms with Crippen molar-refractivity contribution in [2.45, 2.75) is 0 Å². The van der Waals surface area contributed by atoms with Gasteiger partial charge in [-0.1, -0.05) is 152 Å². The van der Waals surface area contributed by atoms with E-state index < -0.39 is 0 Å². The summed E-state index contributed by atoms with van der Waals surface area (Å²) in [5.74, 6) is 0.597. The van der Waals surface area contributed by atoms with Gasteiger partial charge in [0.25, 0.3) is 0 Å². The molecular weight excluding hydrogens is 721 g/mol. The number of benzene rings is 9. The maximum Gasteiger partial charge on any atom is 0.227 e. The highest BCUT2D eigenvalue weighted by molar-refractivity contribution is 6.17. The van der Waals surface area contributed by atoms with E-state index in [2.05, 4.69) is 181 Å². The molecule has 0 bridgehead atoms. The van der Waals surface area contributed by atoms with Crippen LogP contribution in [-0.2, 0) is 0 Å². The molecule has 2 heterocycles. The van der Waals surface area contributed by atoms with Gasteiger partial charge in [-0.2, -0.15) is 0 Å². The van der Waals surface area contributed by atoms with E-state index >= 15 is 0 Å². The zero-order valence-electron chi connectivity index (χ0n) is 32.0. The van der Waals surface area contributed by atoms with Gasteiger partial charge in [0.2, 0.25) is 5.89 Å². The average molecular weight is 757 g/mol. The first-order valence-electron chi connectivity index (χ1n) is 19.9. The highest BCUT2D eigenvalue weighted by atomic mass is 16.4. The van der Waals surface area contributed by atoms with Crippen molar-refractivity contribution in [3.05, 3.63) is 218 Å². The van der Waals surface area contributed by atoms with E-state index in [0.717, 1.165) is 77.9 Å². The van der Waals surface area contributed by atoms with E-state index in [0.29, 0.717) is 5.89 Å². The highest BCUT2D eigenvalue weighted by Crippen LogP contribution is 2.43. The molecule has 4 heteroatoms. The first kappa shape index (κ1) is 34.3. The van der Waals surface area contributed by atoms with Crippen molar-refractivity contribution >= 4 is 50.1 Å². The van der Waals surface area contributed by atoms with Crippen molar-refractivity contribution in [1.29, 1.82) is 0 Å². The monoisotopic (exact) mass is 756 g/mol. The van der Waals surface area contributed by atoms with Crippen molar-refractivity contribution in [1.82, 2.24) is 4.98 Å². The molecule has 0 aliphatic heterocycles. The van der Waals surface area contributed by atoms with Crippen LogP contribution in [0.25, 0.3) is 89.0 Å². The van der Waals surface area contributed by atoms with E-state index in [1.807, 2.05) is 42.5 Å². The molecule has 0 atom stereocenters. The Morgan fingerprint density at radius 1 is 0.339 bits per heavy atom. The van der Waals surface area contributed by atoms with E-state index in [1.54, 1.807) is 0 Å². The number of anilines is 3. The second kappa shape index (κ2) is 14.5. The minimum atomic E-state index is 0.597. The Morgan fingerprint density at radius 2 is 0.797 bits per heavy atom. The van der Waals surface area contributed by atoms with Gasteiger partial charge in [-0.15, -0.1) is 0 Å². The fourth-order valence-corrected chi connectivity index (χ4v) is 8.19. The topological polar surface area (TPSA) is 42.4 Å². The van der Waals surface area contributed by atoms with Gasteiger partial charge in [-0.05, 0) is 106 Å². The number of aromatic nitrogens is 1. The van der Waals surface area contributed by atoms with Crippen LogP contribution < -0.4 is 4.90 Å². The predicted molar refractivity (Wildman–Crippen MR) is 243 cm³/mol. The van der Waals surface area contributed by atoms with Crippen molar-refractivity contribution < 1.29 is 8.83 Å². The minimum absolute atomic E-state index is 0.597. The Balaban J connectivity index is 0.971. The molecule has 11 rings (SSSR count). The summed E-state index contributed by atoms with van der Waals surface area (Å²) in [6.07, 6.45) is 0. The SMILES string of the molecule is c1ccc(-c2ccc(-c3ccc(N(c4ccc(-c5ccc6oc7ccc8oc(-c9ccccc9)nc8c7c6c5)cc4)c4ccccc4-c4ccccc4)cc3)cc2)cc1. The molecular formula is C55H36N2O2. The molecule has 0 aliphatic carbocycles.